The van der Waals surface area contributed by atoms with Crippen LogP contribution in [0.25, 0.3) is 0 Å². The highest BCUT2D eigenvalue weighted by atomic mass is 16.2. The lowest BCUT2D eigenvalue weighted by Crippen LogP contribution is -2.29. The zero-order valence-electron chi connectivity index (χ0n) is 9.52. The van der Waals surface area contributed by atoms with Crippen LogP contribution < -0.4 is 9.80 Å². The van der Waals surface area contributed by atoms with E-state index in [0.717, 1.165) is 30.9 Å². The van der Waals surface area contributed by atoms with Crippen LogP contribution in [0, 0.1) is 0 Å². The second-order valence-electron chi connectivity index (χ2n) is 3.96. The molecule has 3 heteroatoms. The second-order valence-corrected chi connectivity index (χ2v) is 3.96. The molecule has 84 valence electrons. The predicted octanol–water partition coefficient (Wildman–Crippen LogP) is 2.05. The number of anilines is 2. The molecule has 1 aliphatic rings. The third-order valence-corrected chi connectivity index (χ3v) is 2.90. The van der Waals surface area contributed by atoms with E-state index in [1.54, 1.807) is 4.90 Å². The third kappa shape index (κ3) is 1.81. The summed E-state index contributed by atoms with van der Waals surface area (Å²) in [6, 6.07) is 7.99. The van der Waals surface area contributed by atoms with Crippen molar-refractivity contribution >= 4 is 17.3 Å². The number of benzene rings is 1. The first-order valence-electron chi connectivity index (χ1n) is 5.48. The molecule has 1 aliphatic heterocycles. The van der Waals surface area contributed by atoms with Crippen LogP contribution in [-0.2, 0) is 4.79 Å². The van der Waals surface area contributed by atoms with Crippen LogP contribution in [-0.4, -0.2) is 26.0 Å². The fraction of sp³-hybridized carbons (Fsp3) is 0.308. The largest absolute Gasteiger partial charge is 0.373 e. The van der Waals surface area contributed by atoms with Gasteiger partial charge in [0.05, 0.1) is 11.4 Å². The molecule has 0 aromatic heterocycles. The molecule has 3 nitrogen and oxygen atoms in total. The van der Waals surface area contributed by atoms with Crippen LogP contribution in [0.1, 0.15) is 6.42 Å². The predicted molar refractivity (Wildman–Crippen MR) is 66.9 cm³/mol. The average Bonchev–Trinajstić information content (AvgIpc) is 2.49. The van der Waals surface area contributed by atoms with E-state index in [1.807, 2.05) is 24.3 Å². The summed E-state index contributed by atoms with van der Waals surface area (Å²) in [5.74, 6) is -0.0252. The Morgan fingerprint density at radius 3 is 2.69 bits per heavy atom. The summed E-state index contributed by atoms with van der Waals surface area (Å²) in [6.07, 6.45) is 2.35. The lowest BCUT2D eigenvalue weighted by atomic mass is 10.2. The van der Waals surface area contributed by atoms with Crippen molar-refractivity contribution in [2.24, 2.45) is 0 Å². The van der Waals surface area contributed by atoms with Crippen LogP contribution in [0.15, 0.2) is 36.9 Å². The molecule has 0 bridgehead atoms. The molecule has 1 heterocycles. The highest BCUT2D eigenvalue weighted by molar-refractivity contribution is 6.03. The Balaban J connectivity index is 2.46. The first-order valence-corrected chi connectivity index (χ1v) is 5.48. The van der Waals surface area contributed by atoms with Crippen LogP contribution in [0.5, 0.6) is 0 Å². The monoisotopic (exact) mass is 216 g/mol. The highest BCUT2D eigenvalue weighted by Crippen LogP contribution is 2.31. The molecule has 0 saturated heterocycles. The van der Waals surface area contributed by atoms with Crippen molar-refractivity contribution < 1.29 is 4.79 Å². The van der Waals surface area contributed by atoms with Gasteiger partial charge in [0, 0.05) is 20.1 Å². The Kier molecular flexibility index (Phi) is 2.95. The van der Waals surface area contributed by atoms with Gasteiger partial charge in [-0.05, 0) is 24.6 Å². The lowest BCUT2D eigenvalue weighted by molar-refractivity contribution is -0.114. The molecule has 1 amide bonds. The molecule has 0 fully saturated rings. The SMILES string of the molecule is C=CC(=O)N1CCCN(C)c2ccccc21. The fourth-order valence-corrected chi connectivity index (χ4v) is 2.06. The summed E-state index contributed by atoms with van der Waals surface area (Å²) in [6.45, 7) is 5.28. The van der Waals surface area contributed by atoms with Gasteiger partial charge in [-0.1, -0.05) is 18.7 Å². The van der Waals surface area contributed by atoms with Crippen molar-refractivity contribution in [2.75, 3.05) is 29.9 Å². The number of para-hydroxylation sites is 2. The van der Waals surface area contributed by atoms with Gasteiger partial charge >= 0.3 is 0 Å². The van der Waals surface area contributed by atoms with Gasteiger partial charge in [0.25, 0.3) is 0 Å². The topological polar surface area (TPSA) is 23.6 Å². The minimum Gasteiger partial charge on any atom is -0.373 e. The van der Waals surface area contributed by atoms with Crippen molar-refractivity contribution in [1.29, 1.82) is 0 Å². The number of hydrogen-bond donors (Lipinski definition) is 0. The summed E-state index contributed by atoms with van der Waals surface area (Å²) >= 11 is 0. The molecule has 0 spiro atoms. The molecule has 16 heavy (non-hydrogen) atoms. The molecule has 0 N–H and O–H groups in total. The fourth-order valence-electron chi connectivity index (χ4n) is 2.06. The molecule has 0 saturated carbocycles. The smallest absolute Gasteiger partial charge is 0.250 e. The Morgan fingerprint density at radius 1 is 1.31 bits per heavy atom. The Labute approximate surface area is 96.0 Å². The van der Waals surface area contributed by atoms with E-state index in [2.05, 4.69) is 18.5 Å². The first kappa shape index (κ1) is 10.7. The first-order chi connectivity index (χ1) is 7.74. The van der Waals surface area contributed by atoms with E-state index in [9.17, 15) is 4.79 Å². The standard InChI is InChI=1S/C13H16N2O/c1-3-13(16)15-10-6-9-14(2)11-7-4-5-8-12(11)15/h3-5,7-8H,1,6,9-10H2,2H3. The van der Waals surface area contributed by atoms with E-state index in [4.69, 9.17) is 0 Å². The number of nitrogens with zero attached hydrogens (tertiary/aromatic N) is 2. The maximum atomic E-state index is 11.8. The van der Waals surface area contributed by atoms with Crippen molar-refractivity contribution in [3.63, 3.8) is 0 Å². The molecule has 1 aromatic rings. The number of fused-ring (bicyclic) bond motifs is 1. The molecule has 0 unspecified atom stereocenters. The van der Waals surface area contributed by atoms with Gasteiger partial charge in [-0.2, -0.15) is 0 Å². The number of rotatable bonds is 1. The van der Waals surface area contributed by atoms with Crippen LogP contribution in [0.2, 0.25) is 0 Å². The maximum absolute atomic E-state index is 11.8. The average molecular weight is 216 g/mol. The minimum absolute atomic E-state index is 0.0252. The Hall–Kier alpha value is -1.77. The molecule has 0 radical (unpaired) electrons. The van der Waals surface area contributed by atoms with E-state index in [0.29, 0.717) is 0 Å². The maximum Gasteiger partial charge on any atom is 0.250 e. The van der Waals surface area contributed by atoms with Crippen molar-refractivity contribution in [3.8, 4) is 0 Å². The summed E-state index contributed by atoms with van der Waals surface area (Å²) in [5.41, 5.74) is 2.09. The van der Waals surface area contributed by atoms with Crippen LogP contribution in [0.4, 0.5) is 11.4 Å². The van der Waals surface area contributed by atoms with Gasteiger partial charge in [0.1, 0.15) is 0 Å². The van der Waals surface area contributed by atoms with Gasteiger partial charge in [0.2, 0.25) is 5.91 Å². The number of hydrogen-bond acceptors (Lipinski definition) is 2. The van der Waals surface area contributed by atoms with Gasteiger partial charge in [0.15, 0.2) is 0 Å². The zero-order valence-corrected chi connectivity index (χ0v) is 9.52. The molecule has 0 atom stereocenters. The van der Waals surface area contributed by atoms with Crippen LogP contribution in [0.3, 0.4) is 0 Å². The van der Waals surface area contributed by atoms with Gasteiger partial charge in [-0.3, -0.25) is 4.79 Å². The van der Waals surface area contributed by atoms with E-state index in [-0.39, 0.29) is 5.91 Å². The highest BCUT2D eigenvalue weighted by Gasteiger charge is 2.20. The molecular weight excluding hydrogens is 200 g/mol. The molecule has 2 rings (SSSR count). The Morgan fingerprint density at radius 2 is 2.00 bits per heavy atom. The number of amides is 1. The van der Waals surface area contributed by atoms with Crippen molar-refractivity contribution in [3.05, 3.63) is 36.9 Å². The van der Waals surface area contributed by atoms with E-state index >= 15 is 0 Å². The van der Waals surface area contributed by atoms with Gasteiger partial charge in [-0.25, -0.2) is 0 Å². The summed E-state index contributed by atoms with van der Waals surface area (Å²) < 4.78 is 0. The third-order valence-electron chi connectivity index (χ3n) is 2.90. The summed E-state index contributed by atoms with van der Waals surface area (Å²) in [4.78, 5) is 15.8. The van der Waals surface area contributed by atoms with Gasteiger partial charge in [-0.15, -0.1) is 0 Å². The molecule has 0 aliphatic carbocycles. The quantitative estimate of drug-likeness (QED) is 0.671. The van der Waals surface area contributed by atoms with Crippen molar-refractivity contribution in [1.82, 2.24) is 0 Å². The lowest BCUT2D eigenvalue weighted by Gasteiger charge is -2.23. The van der Waals surface area contributed by atoms with Crippen molar-refractivity contribution in [2.45, 2.75) is 6.42 Å². The molecule has 1 aromatic carbocycles. The van der Waals surface area contributed by atoms with Gasteiger partial charge < -0.3 is 9.80 Å². The molecular formula is C13H16N2O. The summed E-state index contributed by atoms with van der Waals surface area (Å²) in [5, 5.41) is 0. The number of carbonyl (C=O) groups excluding carboxylic acids is 1. The minimum atomic E-state index is -0.0252. The number of carbonyl (C=O) groups is 1. The summed E-state index contributed by atoms with van der Waals surface area (Å²) in [7, 11) is 2.06. The second kappa shape index (κ2) is 4.39. The van der Waals surface area contributed by atoms with Crippen LogP contribution >= 0.6 is 0 Å². The zero-order chi connectivity index (χ0) is 11.5. The van der Waals surface area contributed by atoms with E-state index in [1.165, 1.54) is 6.08 Å². The normalized spacial score (nSPS) is 15.3. The Bertz CT molecular complexity index is 414. The van der Waals surface area contributed by atoms with E-state index < -0.39 is 0 Å².